The SMILES string of the molecule is c1ccc(CN2Cc3ccccc3-c3ccc4sccc4c3C2)cc1. The van der Waals surface area contributed by atoms with E-state index in [0.29, 0.717) is 0 Å². The molecule has 0 fully saturated rings. The Morgan fingerprint density at radius 1 is 0.760 bits per heavy atom. The number of hydrogen-bond donors (Lipinski definition) is 0. The molecule has 0 aliphatic carbocycles. The number of fused-ring (bicyclic) bond motifs is 5. The summed E-state index contributed by atoms with van der Waals surface area (Å²) in [6, 6.07) is 26.6. The van der Waals surface area contributed by atoms with Crippen molar-refractivity contribution in [2.24, 2.45) is 0 Å². The molecule has 0 spiro atoms. The minimum absolute atomic E-state index is 0.981. The van der Waals surface area contributed by atoms with Crippen molar-refractivity contribution in [3.8, 4) is 11.1 Å². The van der Waals surface area contributed by atoms with Gasteiger partial charge in [-0.1, -0.05) is 60.7 Å². The molecule has 0 saturated carbocycles. The summed E-state index contributed by atoms with van der Waals surface area (Å²) in [6.07, 6.45) is 0. The van der Waals surface area contributed by atoms with Crippen molar-refractivity contribution in [3.05, 3.63) is 94.9 Å². The maximum absolute atomic E-state index is 2.57. The van der Waals surface area contributed by atoms with E-state index in [4.69, 9.17) is 0 Å². The Bertz CT molecular complexity index is 1030. The van der Waals surface area contributed by atoms with Gasteiger partial charge < -0.3 is 0 Å². The predicted molar refractivity (Wildman–Crippen MR) is 107 cm³/mol. The van der Waals surface area contributed by atoms with Gasteiger partial charge in [0.15, 0.2) is 0 Å². The van der Waals surface area contributed by atoms with E-state index in [0.717, 1.165) is 19.6 Å². The molecular weight excluding hydrogens is 322 g/mol. The molecule has 1 nitrogen and oxygen atoms in total. The van der Waals surface area contributed by atoms with Gasteiger partial charge >= 0.3 is 0 Å². The molecule has 25 heavy (non-hydrogen) atoms. The van der Waals surface area contributed by atoms with Crippen molar-refractivity contribution in [2.75, 3.05) is 0 Å². The van der Waals surface area contributed by atoms with Crippen LogP contribution in [0.1, 0.15) is 16.7 Å². The summed E-state index contributed by atoms with van der Waals surface area (Å²) in [5.41, 5.74) is 7.06. The number of rotatable bonds is 2. The fraction of sp³-hybridized carbons (Fsp3) is 0.130. The van der Waals surface area contributed by atoms with E-state index in [2.05, 4.69) is 83.1 Å². The Hall–Kier alpha value is -2.42. The standard InChI is InChI=1S/C23H19NS/c1-2-6-17(7-3-1)14-24-15-18-8-4-5-9-19(18)20-10-11-23-21(12-13-25-23)22(20)16-24/h1-13H,14-16H2. The van der Waals surface area contributed by atoms with Gasteiger partial charge in [0.25, 0.3) is 0 Å². The molecule has 4 aromatic rings. The van der Waals surface area contributed by atoms with Crippen LogP contribution in [0.5, 0.6) is 0 Å². The average molecular weight is 341 g/mol. The topological polar surface area (TPSA) is 3.24 Å². The second kappa shape index (κ2) is 6.14. The Morgan fingerprint density at radius 2 is 1.60 bits per heavy atom. The molecule has 0 N–H and O–H groups in total. The fourth-order valence-corrected chi connectivity index (χ4v) is 4.74. The highest BCUT2D eigenvalue weighted by atomic mass is 32.1. The minimum Gasteiger partial charge on any atom is -0.291 e. The Labute approximate surface area is 152 Å². The quantitative estimate of drug-likeness (QED) is 0.427. The summed E-state index contributed by atoms with van der Waals surface area (Å²) < 4.78 is 1.39. The maximum Gasteiger partial charge on any atom is 0.0346 e. The second-order valence-electron chi connectivity index (χ2n) is 6.71. The van der Waals surface area contributed by atoms with Crippen molar-refractivity contribution in [2.45, 2.75) is 19.6 Å². The van der Waals surface area contributed by atoms with Crippen LogP contribution < -0.4 is 0 Å². The largest absolute Gasteiger partial charge is 0.291 e. The van der Waals surface area contributed by atoms with E-state index >= 15 is 0 Å². The Balaban J connectivity index is 1.66. The number of benzene rings is 3. The van der Waals surface area contributed by atoms with E-state index in [1.54, 1.807) is 0 Å². The highest BCUT2D eigenvalue weighted by molar-refractivity contribution is 7.17. The first-order valence-electron chi connectivity index (χ1n) is 8.72. The van der Waals surface area contributed by atoms with Gasteiger partial charge in [0.2, 0.25) is 0 Å². The first-order chi connectivity index (χ1) is 12.4. The molecule has 2 heterocycles. The highest BCUT2D eigenvalue weighted by Gasteiger charge is 2.21. The molecule has 0 amide bonds. The molecule has 0 atom stereocenters. The highest BCUT2D eigenvalue weighted by Crippen LogP contribution is 2.38. The van der Waals surface area contributed by atoms with Crippen LogP contribution in [0.15, 0.2) is 78.2 Å². The van der Waals surface area contributed by atoms with Gasteiger partial charge in [-0.3, -0.25) is 4.90 Å². The summed E-state index contributed by atoms with van der Waals surface area (Å²) in [7, 11) is 0. The van der Waals surface area contributed by atoms with Crippen LogP contribution in [0.4, 0.5) is 0 Å². The lowest BCUT2D eigenvalue weighted by molar-refractivity contribution is 0.251. The summed E-state index contributed by atoms with van der Waals surface area (Å²) in [4.78, 5) is 2.57. The maximum atomic E-state index is 2.57. The molecule has 1 aliphatic rings. The van der Waals surface area contributed by atoms with E-state index in [9.17, 15) is 0 Å². The third-order valence-corrected chi connectivity index (χ3v) is 5.96. The number of hydrogen-bond acceptors (Lipinski definition) is 2. The fourth-order valence-electron chi connectivity index (χ4n) is 3.92. The molecule has 1 aliphatic heterocycles. The van der Waals surface area contributed by atoms with Crippen LogP contribution in [0.25, 0.3) is 21.2 Å². The second-order valence-corrected chi connectivity index (χ2v) is 7.66. The zero-order chi connectivity index (χ0) is 16.6. The van der Waals surface area contributed by atoms with Crippen LogP contribution in [0.3, 0.4) is 0 Å². The van der Waals surface area contributed by atoms with Gasteiger partial charge in [-0.05, 0) is 50.7 Å². The van der Waals surface area contributed by atoms with Gasteiger partial charge in [0, 0.05) is 24.3 Å². The van der Waals surface area contributed by atoms with Crippen LogP contribution in [0.2, 0.25) is 0 Å². The number of thiophene rings is 1. The van der Waals surface area contributed by atoms with Crippen molar-refractivity contribution < 1.29 is 0 Å². The molecule has 5 rings (SSSR count). The molecule has 0 saturated heterocycles. The summed E-state index contributed by atoms with van der Waals surface area (Å²) in [5.74, 6) is 0. The first kappa shape index (κ1) is 14.9. The zero-order valence-electron chi connectivity index (χ0n) is 14.0. The third kappa shape index (κ3) is 2.68. The van der Waals surface area contributed by atoms with Gasteiger partial charge in [-0.2, -0.15) is 0 Å². The van der Waals surface area contributed by atoms with Crippen molar-refractivity contribution >= 4 is 21.4 Å². The molecule has 0 radical (unpaired) electrons. The lowest BCUT2D eigenvalue weighted by atomic mass is 9.95. The smallest absolute Gasteiger partial charge is 0.0346 e. The van der Waals surface area contributed by atoms with Crippen molar-refractivity contribution in [1.29, 1.82) is 0 Å². The Kier molecular flexibility index (Phi) is 3.66. The molecule has 2 heteroatoms. The molecular formula is C23H19NS. The molecule has 1 aromatic heterocycles. The van der Waals surface area contributed by atoms with Crippen LogP contribution in [-0.2, 0) is 19.6 Å². The Morgan fingerprint density at radius 3 is 2.52 bits per heavy atom. The van der Waals surface area contributed by atoms with E-state index in [1.165, 1.54) is 37.9 Å². The van der Waals surface area contributed by atoms with E-state index < -0.39 is 0 Å². The van der Waals surface area contributed by atoms with Crippen LogP contribution in [0, 0.1) is 0 Å². The first-order valence-corrected chi connectivity index (χ1v) is 9.60. The van der Waals surface area contributed by atoms with Gasteiger partial charge in [-0.25, -0.2) is 0 Å². The van der Waals surface area contributed by atoms with E-state index in [1.807, 2.05) is 11.3 Å². The predicted octanol–water partition coefficient (Wildman–Crippen LogP) is 6.08. The monoisotopic (exact) mass is 341 g/mol. The van der Waals surface area contributed by atoms with E-state index in [-0.39, 0.29) is 0 Å². The lowest BCUT2D eigenvalue weighted by Crippen LogP contribution is -2.21. The summed E-state index contributed by atoms with van der Waals surface area (Å²) >= 11 is 1.83. The van der Waals surface area contributed by atoms with Gasteiger partial charge in [0.05, 0.1) is 0 Å². The number of nitrogens with zero attached hydrogens (tertiary/aromatic N) is 1. The van der Waals surface area contributed by atoms with Crippen molar-refractivity contribution in [3.63, 3.8) is 0 Å². The van der Waals surface area contributed by atoms with Crippen LogP contribution >= 0.6 is 11.3 Å². The van der Waals surface area contributed by atoms with Crippen LogP contribution in [-0.4, -0.2) is 4.90 Å². The molecule has 3 aromatic carbocycles. The summed E-state index contributed by atoms with van der Waals surface area (Å²) in [5, 5.41) is 3.63. The summed E-state index contributed by atoms with van der Waals surface area (Å²) in [6.45, 7) is 2.97. The lowest BCUT2D eigenvalue weighted by Gasteiger charge is -2.21. The average Bonchev–Trinajstić information content (AvgIpc) is 3.07. The molecule has 122 valence electrons. The molecule has 0 bridgehead atoms. The third-order valence-electron chi connectivity index (χ3n) is 5.08. The van der Waals surface area contributed by atoms with Crippen molar-refractivity contribution in [1.82, 2.24) is 4.90 Å². The normalized spacial score (nSPS) is 14.1. The molecule has 0 unspecified atom stereocenters. The zero-order valence-corrected chi connectivity index (χ0v) is 14.8. The minimum atomic E-state index is 0.981. The van der Waals surface area contributed by atoms with Gasteiger partial charge in [-0.15, -0.1) is 11.3 Å². The van der Waals surface area contributed by atoms with Gasteiger partial charge in [0.1, 0.15) is 0 Å².